The van der Waals surface area contributed by atoms with Crippen molar-refractivity contribution in [1.82, 2.24) is 4.90 Å². The maximum atomic E-state index is 12.1. The Morgan fingerprint density at radius 1 is 1.12 bits per heavy atom. The van der Waals surface area contributed by atoms with E-state index in [0.717, 1.165) is 42.3 Å². The normalized spacial score (nSPS) is 18.6. The summed E-state index contributed by atoms with van der Waals surface area (Å²) >= 11 is 5.94. The second kappa shape index (κ2) is 11.9. The highest BCUT2D eigenvalue weighted by molar-refractivity contribution is 6.30. The number of hydrogen-bond donors (Lipinski definition) is 2. The summed E-state index contributed by atoms with van der Waals surface area (Å²) in [5, 5.41) is 12.9. The molecule has 0 saturated carbocycles. The minimum Gasteiger partial charge on any atom is -0.508 e. The quantitative estimate of drug-likeness (QED) is 0.457. The Bertz CT molecular complexity index is 894. The Morgan fingerprint density at radius 3 is 2.50 bits per heavy atom. The first-order valence-corrected chi connectivity index (χ1v) is 11.8. The van der Waals surface area contributed by atoms with Gasteiger partial charge in [-0.05, 0) is 81.6 Å². The predicted octanol–water partition coefficient (Wildman–Crippen LogP) is 5.56. The van der Waals surface area contributed by atoms with Crippen molar-refractivity contribution in [3.63, 3.8) is 0 Å². The standard InChI is InChI=1S/C15H20N2O2.C11H14ClN/c1-11(2)9-17-8-7-12(10-17)15(19)16-13-3-5-14(18)6-4-13;12-10-5-4-6-11(9-10)13-7-2-1-3-8-13/h3-6,12,18H,1,7-10H2,2H3,(H,16,19);4-6,9H,1-3,7-8H2. The van der Waals surface area contributed by atoms with E-state index in [-0.39, 0.29) is 17.6 Å². The van der Waals surface area contributed by atoms with Crippen LogP contribution in [0.1, 0.15) is 32.6 Å². The number of likely N-dealkylation sites (tertiary alicyclic amines) is 1. The summed E-state index contributed by atoms with van der Waals surface area (Å²) in [6, 6.07) is 14.7. The summed E-state index contributed by atoms with van der Waals surface area (Å²) in [7, 11) is 0. The third kappa shape index (κ3) is 7.57. The zero-order valence-corrected chi connectivity index (χ0v) is 19.7. The number of anilines is 2. The van der Waals surface area contributed by atoms with Crippen LogP contribution < -0.4 is 10.2 Å². The van der Waals surface area contributed by atoms with Crippen LogP contribution in [-0.4, -0.2) is 48.6 Å². The molecule has 5 nitrogen and oxygen atoms in total. The van der Waals surface area contributed by atoms with Crippen molar-refractivity contribution in [1.29, 1.82) is 0 Å². The number of rotatable bonds is 5. The number of piperidine rings is 1. The number of aromatic hydroxyl groups is 1. The van der Waals surface area contributed by atoms with Crippen LogP contribution in [0.25, 0.3) is 0 Å². The number of carbonyl (C=O) groups excluding carboxylic acids is 1. The highest BCUT2D eigenvalue weighted by Crippen LogP contribution is 2.23. The van der Waals surface area contributed by atoms with Crippen molar-refractivity contribution in [2.75, 3.05) is 42.9 Å². The first kappa shape index (κ1) is 24.1. The fraction of sp³-hybridized carbons (Fsp3) is 0.423. The molecule has 0 aliphatic carbocycles. The van der Waals surface area contributed by atoms with E-state index in [1.54, 1.807) is 24.3 Å². The Balaban J connectivity index is 0.000000193. The molecule has 2 aliphatic rings. The Kier molecular flexibility index (Phi) is 9.00. The molecule has 2 aromatic carbocycles. The summed E-state index contributed by atoms with van der Waals surface area (Å²) in [6.45, 7) is 10.9. The minimum atomic E-state index is 0.0353. The number of nitrogens with one attached hydrogen (secondary N) is 1. The van der Waals surface area contributed by atoms with Gasteiger partial charge in [-0.25, -0.2) is 0 Å². The maximum absolute atomic E-state index is 12.1. The van der Waals surface area contributed by atoms with Gasteiger partial charge in [-0.2, -0.15) is 0 Å². The van der Waals surface area contributed by atoms with Gasteiger partial charge in [0, 0.05) is 42.6 Å². The number of amides is 1. The molecule has 2 fully saturated rings. The lowest BCUT2D eigenvalue weighted by Crippen LogP contribution is -2.29. The molecule has 1 amide bonds. The SMILES string of the molecule is C=C(C)CN1CCC(C(=O)Nc2ccc(O)cc2)C1.Clc1cccc(N2CCCCC2)c1. The molecule has 4 rings (SSSR count). The Labute approximate surface area is 196 Å². The molecule has 0 aromatic heterocycles. The fourth-order valence-electron chi connectivity index (χ4n) is 4.19. The predicted molar refractivity (Wildman–Crippen MR) is 134 cm³/mol. The van der Waals surface area contributed by atoms with E-state index in [0.29, 0.717) is 0 Å². The summed E-state index contributed by atoms with van der Waals surface area (Å²) in [5.41, 5.74) is 3.12. The second-order valence-electron chi connectivity index (χ2n) is 8.74. The fourth-order valence-corrected chi connectivity index (χ4v) is 4.37. The van der Waals surface area contributed by atoms with E-state index < -0.39 is 0 Å². The lowest BCUT2D eigenvalue weighted by atomic mass is 10.1. The largest absolute Gasteiger partial charge is 0.508 e. The van der Waals surface area contributed by atoms with Crippen molar-refractivity contribution in [3.8, 4) is 5.75 Å². The second-order valence-corrected chi connectivity index (χ2v) is 9.18. The molecule has 6 heteroatoms. The number of nitrogens with zero attached hydrogens (tertiary/aromatic N) is 2. The smallest absolute Gasteiger partial charge is 0.228 e. The van der Waals surface area contributed by atoms with Crippen LogP contribution in [0.5, 0.6) is 5.75 Å². The molecule has 172 valence electrons. The summed E-state index contributed by atoms with van der Waals surface area (Å²) in [6.07, 6.45) is 4.88. The van der Waals surface area contributed by atoms with Crippen LogP contribution in [0.3, 0.4) is 0 Å². The molecule has 2 saturated heterocycles. The number of phenolic OH excluding ortho intramolecular Hbond substituents is 1. The summed E-state index contributed by atoms with van der Waals surface area (Å²) in [4.78, 5) is 16.8. The van der Waals surface area contributed by atoms with Crippen LogP contribution in [0.2, 0.25) is 5.02 Å². The van der Waals surface area contributed by atoms with Gasteiger partial charge in [0.1, 0.15) is 5.75 Å². The van der Waals surface area contributed by atoms with E-state index in [1.165, 1.54) is 38.0 Å². The lowest BCUT2D eigenvalue weighted by molar-refractivity contribution is -0.119. The van der Waals surface area contributed by atoms with Crippen molar-refractivity contribution in [2.45, 2.75) is 32.6 Å². The molecule has 32 heavy (non-hydrogen) atoms. The number of halogens is 1. The molecule has 1 unspecified atom stereocenters. The molecule has 1 atom stereocenters. The third-order valence-electron chi connectivity index (χ3n) is 5.80. The van der Waals surface area contributed by atoms with Gasteiger partial charge in [-0.15, -0.1) is 0 Å². The summed E-state index contributed by atoms with van der Waals surface area (Å²) in [5.74, 6) is 0.287. The summed E-state index contributed by atoms with van der Waals surface area (Å²) < 4.78 is 0. The van der Waals surface area contributed by atoms with Gasteiger partial charge in [0.05, 0.1) is 5.92 Å². The highest BCUT2D eigenvalue weighted by Gasteiger charge is 2.28. The first-order chi connectivity index (χ1) is 15.4. The average Bonchev–Trinajstić information content (AvgIpc) is 3.24. The number of carbonyl (C=O) groups is 1. The van der Waals surface area contributed by atoms with Gasteiger partial charge >= 0.3 is 0 Å². The van der Waals surface area contributed by atoms with Gasteiger partial charge in [0.25, 0.3) is 0 Å². The minimum absolute atomic E-state index is 0.0353. The number of hydrogen-bond acceptors (Lipinski definition) is 4. The van der Waals surface area contributed by atoms with Crippen molar-refractivity contribution in [3.05, 3.63) is 65.7 Å². The van der Waals surface area contributed by atoms with Crippen LogP contribution >= 0.6 is 11.6 Å². The number of benzene rings is 2. The van der Waals surface area contributed by atoms with Crippen molar-refractivity contribution < 1.29 is 9.90 Å². The zero-order valence-electron chi connectivity index (χ0n) is 18.9. The van der Waals surface area contributed by atoms with Crippen LogP contribution in [0, 0.1) is 5.92 Å². The van der Waals surface area contributed by atoms with E-state index in [1.807, 2.05) is 25.1 Å². The topological polar surface area (TPSA) is 55.8 Å². The van der Waals surface area contributed by atoms with Crippen LogP contribution in [-0.2, 0) is 4.79 Å². The van der Waals surface area contributed by atoms with Crippen molar-refractivity contribution >= 4 is 28.9 Å². The maximum Gasteiger partial charge on any atom is 0.228 e. The van der Waals surface area contributed by atoms with Gasteiger partial charge < -0.3 is 15.3 Å². The van der Waals surface area contributed by atoms with Gasteiger partial charge in [-0.1, -0.05) is 29.8 Å². The molecule has 0 bridgehead atoms. The van der Waals surface area contributed by atoms with E-state index in [2.05, 4.69) is 27.8 Å². The lowest BCUT2D eigenvalue weighted by Gasteiger charge is -2.28. The molecular weight excluding hydrogens is 422 g/mol. The molecule has 2 heterocycles. The Hall–Kier alpha value is -2.50. The molecule has 0 radical (unpaired) electrons. The monoisotopic (exact) mass is 455 g/mol. The van der Waals surface area contributed by atoms with E-state index in [9.17, 15) is 9.90 Å². The average molecular weight is 456 g/mol. The highest BCUT2D eigenvalue weighted by atomic mass is 35.5. The molecule has 2 N–H and O–H groups in total. The first-order valence-electron chi connectivity index (χ1n) is 11.4. The molecule has 2 aliphatic heterocycles. The number of phenols is 1. The van der Waals surface area contributed by atoms with Gasteiger partial charge in [0.15, 0.2) is 0 Å². The van der Waals surface area contributed by atoms with E-state index >= 15 is 0 Å². The third-order valence-corrected chi connectivity index (χ3v) is 6.04. The zero-order chi connectivity index (χ0) is 22.9. The van der Waals surface area contributed by atoms with Crippen LogP contribution in [0.15, 0.2) is 60.7 Å². The van der Waals surface area contributed by atoms with Gasteiger partial charge in [-0.3, -0.25) is 9.69 Å². The van der Waals surface area contributed by atoms with E-state index in [4.69, 9.17) is 11.6 Å². The molecular formula is C26H34ClN3O2. The van der Waals surface area contributed by atoms with Crippen LogP contribution in [0.4, 0.5) is 11.4 Å². The molecule has 0 spiro atoms. The van der Waals surface area contributed by atoms with Gasteiger partial charge in [0.2, 0.25) is 5.91 Å². The Morgan fingerprint density at radius 2 is 1.84 bits per heavy atom. The van der Waals surface area contributed by atoms with Crippen molar-refractivity contribution in [2.24, 2.45) is 5.92 Å². The molecule has 2 aromatic rings.